The lowest BCUT2D eigenvalue weighted by atomic mass is 10.1. The highest BCUT2D eigenvalue weighted by Crippen LogP contribution is 2.15. The minimum atomic E-state index is -0.103. The van der Waals surface area contributed by atoms with Gasteiger partial charge in [-0.25, -0.2) is 0 Å². The highest BCUT2D eigenvalue weighted by Gasteiger charge is 2.13. The van der Waals surface area contributed by atoms with E-state index in [1.165, 1.54) is 0 Å². The van der Waals surface area contributed by atoms with Crippen molar-refractivity contribution >= 4 is 11.6 Å². The van der Waals surface area contributed by atoms with Gasteiger partial charge in [-0.15, -0.1) is 0 Å². The number of rotatable bonds is 3. The highest BCUT2D eigenvalue weighted by atomic mass is 16.1. The molecule has 4 heteroatoms. The number of nitrogens with zero attached hydrogens (tertiary/aromatic N) is 1. The van der Waals surface area contributed by atoms with Crippen molar-refractivity contribution in [3.63, 3.8) is 0 Å². The summed E-state index contributed by atoms with van der Waals surface area (Å²) in [6, 6.07) is 8.98. The van der Waals surface area contributed by atoms with Crippen LogP contribution in [0.1, 0.15) is 34.5 Å². The van der Waals surface area contributed by atoms with Crippen molar-refractivity contribution < 1.29 is 4.79 Å². The summed E-state index contributed by atoms with van der Waals surface area (Å²) in [7, 11) is 0. The maximum Gasteiger partial charge on any atom is 0.252 e. The maximum absolute atomic E-state index is 12.2. The van der Waals surface area contributed by atoms with Gasteiger partial charge in [0.1, 0.15) is 0 Å². The Kier molecular flexibility index (Phi) is 3.80. The van der Waals surface area contributed by atoms with E-state index in [1.54, 1.807) is 30.6 Å². The Morgan fingerprint density at radius 1 is 1.37 bits per heavy atom. The van der Waals surface area contributed by atoms with Gasteiger partial charge in [-0.05, 0) is 49.2 Å². The summed E-state index contributed by atoms with van der Waals surface area (Å²) < 4.78 is 0. The van der Waals surface area contributed by atoms with Crippen LogP contribution in [0.3, 0.4) is 0 Å². The number of carbonyl (C=O) groups excluding carboxylic acids is 1. The van der Waals surface area contributed by atoms with Crippen LogP contribution in [0.4, 0.5) is 5.69 Å². The van der Waals surface area contributed by atoms with Crippen LogP contribution in [0.5, 0.6) is 0 Å². The fourth-order valence-corrected chi connectivity index (χ4v) is 1.93. The first-order valence-corrected chi connectivity index (χ1v) is 6.15. The zero-order chi connectivity index (χ0) is 13.8. The Bertz CT molecular complexity index is 581. The molecule has 1 amide bonds. The van der Waals surface area contributed by atoms with E-state index in [4.69, 9.17) is 5.73 Å². The Morgan fingerprint density at radius 3 is 2.79 bits per heavy atom. The molecule has 4 nitrogen and oxygen atoms in total. The van der Waals surface area contributed by atoms with Crippen LogP contribution in [0.25, 0.3) is 0 Å². The summed E-state index contributed by atoms with van der Waals surface area (Å²) >= 11 is 0. The number of nitrogen functional groups attached to an aromatic ring is 1. The number of aryl methyl sites for hydroxylation is 1. The summed E-state index contributed by atoms with van der Waals surface area (Å²) in [6.07, 6.45) is 3.46. The molecule has 1 atom stereocenters. The number of aromatic nitrogens is 1. The zero-order valence-corrected chi connectivity index (χ0v) is 11.1. The minimum absolute atomic E-state index is 0.0850. The predicted molar refractivity (Wildman–Crippen MR) is 75.7 cm³/mol. The molecule has 0 fully saturated rings. The molecule has 1 aromatic carbocycles. The molecule has 1 heterocycles. The van der Waals surface area contributed by atoms with Crippen LogP contribution in [-0.4, -0.2) is 10.9 Å². The molecule has 0 saturated carbocycles. The summed E-state index contributed by atoms with van der Waals surface area (Å²) in [5.74, 6) is -0.103. The van der Waals surface area contributed by atoms with Crippen molar-refractivity contribution in [3.8, 4) is 0 Å². The van der Waals surface area contributed by atoms with Gasteiger partial charge in [-0.3, -0.25) is 9.78 Å². The minimum Gasteiger partial charge on any atom is -0.399 e. The van der Waals surface area contributed by atoms with E-state index >= 15 is 0 Å². The second-order valence-corrected chi connectivity index (χ2v) is 4.56. The SMILES string of the molecule is Cc1cc(N)ccc1C(=O)NC(C)c1cccnc1. The van der Waals surface area contributed by atoms with Crippen molar-refractivity contribution in [2.75, 3.05) is 5.73 Å². The van der Waals surface area contributed by atoms with Crippen LogP contribution in [0, 0.1) is 6.92 Å². The molecule has 0 bridgehead atoms. The van der Waals surface area contributed by atoms with Gasteiger partial charge in [0.15, 0.2) is 0 Å². The highest BCUT2D eigenvalue weighted by molar-refractivity contribution is 5.96. The smallest absolute Gasteiger partial charge is 0.252 e. The molecule has 0 aliphatic rings. The van der Waals surface area contributed by atoms with Crippen LogP contribution in [0.15, 0.2) is 42.7 Å². The van der Waals surface area contributed by atoms with Crippen molar-refractivity contribution in [1.82, 2.24) is 10.3 Å². The van der Waals surface area contributed by atoms with E-state index in [2.05, 4.69) is 10.3 Å². The van der Waals surface area contributed by atoms with E-state index < -0.39 is 0 Å². The normalized spacial score (nSPS) is 11.9. The largest absolute Gasteiger partial charge is 0.399 e. The fraction of sp³-hybridized carbons (Fsp3) is 0.200. The molecular weight excluding hydrogens is 238 g/mol. The van der Waals surface area contributed by atoms with Crippen molar-refractivity contribution in [3.05, 3.63) is 59.4 Å². The molecule has 0 saturated heterocycles. The number of benzene rings is 1. The van der Waals surface area contributed by atoms with Crippen LogP contribution in [0.2, 0.25) is 0 Å². The second-order valence-electron chi connectivity index (χ2n) is 4.56. The molecule has 1 unspecified atom stereocenters. The molecule has 1 aromatic heterocycles. The quantitative estimate of drug-likeness (QED) is 0.828. The van der Waals surface area contributed by atoms with Crippen molar-refractivity contribution in [2.45, 2.75) is 19.9 Å². The number of carbonyl (C=O) groups is 1. The zero-order valence-electron chi connectivity index (χ0n) is 11.1. The first kappa shape index (κ1) is 13.1. The van der Waals surface area contributed by atoms with Gasteiger partial charge in [-0.1, -0.05) is 6.07 Å². The predicted octanol–water partition coefficient (Wildman–Crippen LogP) is 2.46. The first-order chi connectivity index (χ1) is 9.08. The third kappa shape index (κ3) is 3.10. The van der Waals surface area contributed by atoms with Gasteiger partial charge in [0, 0.05) is 23.6 Å². The molecule has 2 rings (SSSR count). The summed E-state index contributed by atoms with van der Waals surface area (Å²) in [6.45, 7) is 3.81. The number of nitrogens with two attached hydrogens (primary N) is 1. The Balaban J connectivity index is 2.13. The van der Waals surface area contributed by atoms with Gasteiger partial charge in [-0.2, -0.15) is 0 Å². The third-order valence-electron chi connectivity index (χ3n) is 3.03. The average molecular weight is 255 g/mol. The molecule has 0 spiro atoms. The molecule has 0 aliphatic heterocycles. The molecule has 2 aromatic rings. The molecule has 98 valence electrons. The van der Waals surface area contributed by atoms with Gasteiger partial charge >= 0.3 is 0 Å². The summed E-state index contributed by atoms with van der Waals surface area (Å²) in [5, 5.41) is 2.95. The molecular formula is C15H17N3O. The molecule has 3 N–H and O–H groups in total. The number of hydrogen-bond acceptors (Lipinski definition) is 3. The summed E-state index contributed by atoms with van der Waals surface area (Å²) in [4.78, 5) is 16.2. The standard InChI is InChI=1S/C15H17N3O/c1-10-8-13(16)5-6-14(10)15(19)18-11(2)12-4-3-7-17-9-12/h3-9,11H,16H2,1-2H3,(H,18,19). The lowest BCUT2D eigenvalue weighted by molar-refractivity contribution is 0.0939. The molecule has 0 radical (unpaired) electrons. The van der Waals surface area contributed by atoms with Crippen molar-refractivity contribution in [1.29, 1.82) is 0 Å². The lowest BCUT2D eigenvalue weighted by Gasteiger charge is -2.15. The van der Waals surface area contributed by atoms with E-state index in [1.807, 2.05) is 26.0 Å². The van der Waals surface area contributed by atoms with Gasteiger partial charge in [0.25, 0.3) is 5.91 Å². The monoisotopic (exact) mass is 255 g/mol. The Hall–Kier alpha value is -2.36. The molecule has 19 heavy (non-hydrogen) atoms. The topological polar surface area (TPSA) is 68.0 Å². The second kappa shape index (κ2) is 5.52. The number of pyridine rings is 1. The van der Waals surface area contributed by atoms with Gasteiger partial charge in [0.05, 0.1) is 6.04 Å². The maximum atomic E-state index is 12.2. The fourth-order valence-electron chi connectivity index (χ4n) is 1.93. The Morgan fingerprint density at radius 2 is 2.16 bits per heavy atom. The third-order valence-corrected chi connectivity index (χ3v) is 3.03. The van der Waals surface area contributed by atoms with E-state index in [-0.39, 0.29) is 11.9 Å². The first-order valence-electron chi connectivity index (χ1n) is 6.15. The van der Waals surface area contributed by atoms with E-state index in [0.717, 1.165) is 11.1 Å². The summed E-state index contributed by atoms with van der Waals surface area (Å²) in [5.41, 5.74) is 8.83. The lowest BCUT2D eigenvalue weighted by Crippen LogP contribution is -2.27. The van der Waals surface area contributed by atoms with Crippen LogP contribution >= 0.6 is 0 Å². The number of hydrogen-bond donors (Lipinski definition) is 2. The van der Waals surface area contributed by atoms with E-state index in [9.17, 15) is 4.79 Å². The van der Waals surface area contributed by atoms with E-state index in [0.29, 0.717) is 11.3 Å². The van der Waals surface area contributed by atoms with Gasteiger partial charge in [0.2, 0.25) is 0 Å². The molecule has 0 aliphatic carbocycles. The van der Waals surface area contributed by atoms with Gasteiger partial charge < -0.3 is 11.1 Å². The number of anilines is 1. The number of nitrogens with one attached hydrogen (secondary N) is 1. The van der Waals surface area contributed by atoms with Crippen molar-refractivity contribution in [2.24, 2.45) is 0 Å². The number of amides is 1. The Labute approximate surface area is 112 Å². The average Bonchev–Trinajstić information content (AvgIpc) is 2.39. The van der Waals surface area contributed by atoms with Crippen LogP contribution < -0.4 is 11.1 Å². The van der Waals surface area contributed by atoms with Crippen LogP contribution in [-0.2, 0) is 0 Å².